The first-order valence-corrected chi connectivity index (χ1v) is 13.5. The summed E-state index contributed by atoms with van der Waals surface area (Å²) in [4.78, 5) is 1.69. The third kappa shape index (κ3) is 11.9. The van der Waals surface area contributed by atoms with Crippen LogP contribution in [0, 0.1) is 0 Å². The predicted molar refractivity (Wildman–Crippen MR) is 107 cm³/mol. The van der Waals surface area contributed by atoms with Gasteiger partial charge in [0.2, 0.25) is 0 Å². The Kier molecular flexibility index (Phi) is 15.0. The van der Waals surface area contributed by atoms with Crippen LogP contribution in [-0.4, -0.2) is 40.0 Å². The van der Waals surface area contributed by atoms with E-state index in [-0.39, 0.29) is 36.9 Å². The van der Waals surface area contributed by atoms with Gasteiger partial charge in [-0.3, -0.25) is 0 Å². The fraction of sp³-hybridized carbons (Fsp3) is 0.375. The third-order valence-electron chi connectivity index (χ3n) is 1.83. The molecule has 0 amide bonds. The van der Waals surface area contributed by atoms with E-state index in [1.807, 2.05) is 36.4 Å². The Morgan fingerprint density at radius 2 is 0.952 bits per heavy atom. The standard InChI is InChI=1S/C10H8S2.2C3H9P.Pt/c11-8-5-1-3-7-4-2-6-9(12)10(7)8;2*1-4(2)3;/h1-6,11-12H;2*1-3H3;/q;;;+2. The van der Waals surface area contributed by atoms with Crippen LogP contribution in [0.5, 0.6) is 0 Å². The van der Waals surface area contributed by atoms with Crippen LogP contribution >= 0.6 is 15.8 Å². The SMILES string of the molecule is C[PH+](C)C.C[PH+](C)C.[Pt+2].[S-]c1cccc2cccc([S-])c12. The fourth-order valence-electron chi connectivity index (χ4n) is 1.27. The van der Waals surface area contributed by atoms with Gasteiger partial charge in [-0.1, -0.05) is 41.8 Å². The van der Waals surface area contributed by atoms with Gasteiger partial charge in [-0.05, 0) is 21.2 Å². The molecule has 0 unspecified atom stereocenters. The van der Waals surface area contributed by atoms with Gasteiger partial charge in [0.25, 0.3) is 0 Å². The molecule has 2 aromatic carbocycles. The number of benzene rings is 2. The number of rotatable bonds is 0. The fourth-order valence-corrected chi connectivity index (χ4v) is 1.95. The second-order valence-electron chi connectivity index (χ2n) is 5.61. The molecule has 0 aliphatic carbocycles. The molecule has 0 aliphatic heterocycles. The summed E-state index contributed by atoms with van der Waals surface area (Å²) >= 11 is 10.3. The molecular formula is C16H26P2PtS2+2. The molecular weight excluding hydrogens is 513 g/mol. The summed E-state index contributed by atoms with van der Waals surface area (Å²) in [7, 11) is 0.241. The van der Waals surface area contributed by atoms with Gasteiger partial charge < -0.3 is 25.3 Å². The molecule has 0 aromatic heterocycles. The van der Waals surface area contributed by atoms with Crippen LogP contribution < -0.4 is 0 Å². The summed E-state index contributed by atoms with van der Waals surface area (Å²) in [5.74, 6) is 0. The van der Waals surface area contributed by atoms with Crippen LogP contribution in [0.2, 0.25) is 0 Å². The van der Waals surface area contributed by atoms with Gasteiger partial charge in [-0.25, -0.2) is 0 Å². The van der Waals surface area contributed by atoms with Gasteiger partial charge in [0.15, 0.2) is 0 Å². The van der Waals surface area contributed by atoms with Crippen molar-refractivity contribution in [2.24, 2.45) is 0 Å². The molecule has 0 fully saturated rings. The number of hydrogen-bond donors (Lipinski definition) is 0. The van der Waals surface area contributed by atoms with Crippen molar-refractivity contribution in [1.82, 2.24) is 0 Å². The molecule has 0 aliphatic rings. The zero-order valence-electron chi connectivity index (χ0n) is 13.6. The molecule has 5 heteroatoms. The maximum atomic E-state index is 5.17. The van der Waals surface area contributed by atoms with Crippen molar-refractivity contribution < 1.29 is 21.1 Å². The first kappa shape index (κ1) is 23.9. The van der Waals surface area contributed by atoms with E-state index < -0.39 is 0 Å². The molecule has 0 bridgehead atoms. The van der Waals surface area contributed by atoms with Gasteiger partial charge in [0.05, 0.1) is 0 Å². The Bertz CT molecular complexity index is 468. The first-order chi connectivity index (χ1) is 9.25. The van der Waals surface area contributed by atoms with E-state index in [2.05, 4.69) is 40.0 Å². The normalized spacial score (nSPS) is 9.33. The van der Waals surface area contributed by atoms with E-state index in [0.717, 1.165) is 20.6 Å². The van der Waals surface area contributed by atoms with Gasteiger partial charge >= 0.3 is 21.1 Å². The van der Waals surface area contributed by atoms with Crippen molar-refractivity contribution in [3.63, 3.8) is 0 Å². The molecule has 0 saturated carbocycles. The molecule has 0 saturated heterocycles. The summed E-state index contributed by atoms with van der Waals surface area (Å²) in [5, 5.41) is 2.17. The van der Waals surface area contributed by atoms with Crippen molar-refractivity contribution in [2.75, 3.05) is 40.0 Å². The summed E-state index contributed by atoms with van der Waals surface area (Å²) in [6, 6.07) is 11.8. The summed E-state index contributed by atoms with van der Waals surface area (Å²) in [5.41, 5.74) is 0. The smallest absolute Gasteiger partial charge is 0.779 e. The zero-order chi connectivity index (χ0) is 15.7. The summed E-state index contributed by atoms with van der Waals surface area (Å²) in [6.07, 6.45) is 0. The second-order valence-corrected chi connectivity index (χ2v) is 12.5. The van der Waals surface area contributed by atoms with Crippen molar-refractivity contribution in [1.29, 1.82) is 0 Å². The maximum Gasteiger partial charge on any atom is 2.00 e. The molecule has 2 rings (SSSR count). The minimum Gasteiger partial charge on any atom is -0.779 e. The Morgan fingerprint density at radius 3 is 1.19 bits per heavy atom. The number of fused-ring (bicyclic) bond motifs is 1. The minimum atomic E-state index is 0. The molecule has 0 spiro atoms. The predicted octanol–water partition coefficient (Wildman–Crippen LogP) is 4.83. The first-order valence-electron chi connectivity index (χ1n) is 6.65. The van der Waals surface area contributed by atoms with E-state index in [9.17, 15) is 0 Å². The monoisotopic (exact) mass is 539 g/mol. The van der Waals surface area contributed by atoms with Crippen LogP contribution in [0.4, 0.5) is 0 Å². The van der Waals surface area contributed by atoms with Gasteiger partial charge in [0.1, 0.15) is 0 Å². The van der Waals surface area contributed by atoms with Crippen LogP contribution in [0.25, 0.3) is 10.8 Å². The maximum absolute atomic E-state index is 5.17. The quantitative estimate of drug-likeness (QED) is 0.348. The minimum absolute atomic E-state index is 0. The van der Waals surface area contributed by atoms with Crippen LogP contribution in [-0.2, 0) is 46.3 Å². The zero-order valence-corrected chi connectivity index (χ0v) is 19.5. The Labute approximate surface area is 158 Å². The third-order valence-corrected chi connectivity index (χ3v) is 2.51. The Hall–Kier alpha value is 0.688. The topological polar surface area (TPSA) is 0 Å². The Balaban J connectivity index is 0. The van der Waals surface area contributed by atoms with Crippen LogP contribution in [0.3, 0.4) is 0 Å². The molecule has 21 heavy (non-hydrogen) atoms. The largest absolute Gasteiger partial charge is 2.00 e. The van der Waals surface area contributed by atoms with E-state index in [4.69, 9.17) is 25.3 Å². The van der Waals surface area contributed by atoms with Crippen molar-refractivity contribution in [2.45, 2.75) is 9.79 Å². The van der Waals surface area contributed by atoms with Crippen molar-refractivity contribution in [3.8, 4) is 0 Å². The average Bonchev–Trinajstić information content (AvgIpc) is 2.27. The van der Waals surface area contributed by atoms with Gasteiger partial charge in [-0.2, -0.15) is 9.79 Å². The summed E-state index contributed by atoms with van der Waals surface area (Å²) in [6.45, 7) is 13.6. The van der Waals surface area contributed by atoms with Gasteiger partial charge in [0, 0.05) is 40.0 Å². The van der Waals surface area contributed by atoms with Crippen LogP contribution in [0.15, 0.2) is 46.2 Å². The molecule has 0 nitrogen and oxygen atoms in total. The van der Waals surface area contributed by atoms with E-state index in [0.29, 0.717) is 0 Å². The van der Waals surface area contributed by atoms with Crippen molar-refractivity contribution in [3.05, 3.63) is 36.4 Å². The second kappa shape index (κ2) is 13.2. The van der Waals surface area contributed by atoms with Crippen molar-refractivity contribution >= 4 is 51.9 Å². The Morgan fingerprint density at radius 1 is 0.667 bits per heavy atom. The molecule has 2 aromatic rings. The molecule has 0 heterocycles. The summed E-state index contributed by atoms with van der Waals surface area (Å²) < 4.78 is 0. The molecule has 0 radical (unpaired) electrons. The molecule has 120 valence electrons. The van der Waals surface area contributed by atoms with Gasteiger partial charge in [-0.15, -0.1) is 0 Å². The van der Waals surface area contributed by atoms with Crippen LogP contribution in [0.1, 0.15) is 0 Å². The van der Waals surface area contributed by atoms with E-state index in [1.54, 1.807) is 0 Å². The molecule has 0 N–H and O–H groups in total. The average molecular weight is 540 g/mol. The van der Waals surface area contributed by atoms with E-state index in [1.165, 1.54) is 0 Å². The molecule has 0 atom stereocenters. The van der Waals surface area contributed by atoms with E-state index >= 15 is 0 Å². The number of hydrogen-bond acceptors (Lipinski definition) is 2.